The molecule has 1 saturated carbocycles. The maximum atomic E-state index is 5.31. The third-order valence-electron chi connectivity index (χ3n) is 5.65. The van der Waals surface area contributed by atoms with Gasteiger partial charge < -0.3 is 9.72 Å². The zero-order chi connectivity index (χ0) is 17.8. The van der Waals surface area contributed by atoms with Crippen molar-refractivity contribution in [3.8, 4) is 5.75 Å². The molecule has 2 unspecified atom stereocenters. The number of H-pyrrole nitrogens is 1. The quantitative estimate of drug-likeness (QED) is 0.718. The molecule has 0 spiro atoms. The van der Waals surface area contributed by atoms with E-state index in [1.54, 1.807) is 13.4 Å². The van der Waals surface area contributed by atoms with Gasteiger partial charge in [0.25, 0.3) is 0 Å². The molecule has 0 aromatic carbocycles. The van der Waals surface area contributed by atoms with Crippen LogP contribution in [0.4, 0.5) is 0 Å². The summed E-state index contributed by atoms with van der Waals surface area (Å²) in [6.45, 7) is 0. The zero-order valence-electron chi connectivity index (χ0n) is 15.3. The largest absolute Gasteiger partial charge is 0.497 e. The number of pyridine rings is 2. The summed E-state index contributed by atoms with van der Waals surface area (Å²) in [5.41, 5.74) is 4.43. The van der Waals surface area contributed by atoms with Gasteiger partial charge in [-0.3, -0.25) is 4.98 Å². The van der Waals surface area contributed by atoms with Crippen molar-refractivity contribution in [1.82, 2.24) is 19.9 Å². The van der Waals surface area contributed by atoms with Crippen molar-refractivity contribution < 1.29 is 4.74 Å². The number of aryl methyl sites for hydroxylation is 1. The molecule has 1 N–H and O–H groups in total. The average molecular weight is 350 g/mol. The summed E-state index contributed by atoms with van der Waals surface area (Å²) in [6.07, 6.45) is 14.1. The maximum Gasteiger partial charge on any atom is 0.177 e. The van der Waals surface area contributed by atoms with Gasteiger partial charge in [-0.05, 0) is 55.2 Å². The SMILES string of the molecule is COc1ccnc(CCC2CCCC(Cc3ccnc4nc[nH]c34)C2)c1. The Hall–Kier alpha value is -2.43. The van der Waals surface area contributed by atoms with Gasteiger partial charge in [-0.25, -0.2) is 9.97 Å². The van der Waals surface area contributed by atoms with E-state index in [0.29, 0.717) is 0 Å². The van der Waals surface area contributed by atoms with Crippen LogP contribution < -0.4 is 4.74 Å². The fourth-order valence-electron chi connectivity index (χ4n) is 4.31. The number of hydrogen-bond acceptors (Lipinski definition) is 4. The summed E-state index contributed by atoms with van der Waals surface area (Å²) in [6, 6.07) is 6.11. The Bertz CT molecular complexity index is 860. The minimum Gasteiger partial charge on any atom is -0.497 e. The van der Waals surface area contributed by atoms with E-state index in [0.717, 1.165) is 47.3 Å². The number of rotatable bonds is 6. The molecule has 0 bridgehead atoms. The Kier molecular flexibility index (Phi) is 5.14. The highest BCUT2D eigenvalue weighted by molar-refractivity contribution is 5.73. The van der Waals surface area contributed by atoms with Crippen molar-refractivity contribution in [2.24, 2.45) is 11.8 Å². The first-order valence-electron chi connectivity index (χ1n) is 9.57. The fraction of sp³-hybridized carbons (Fsp3) is 0.476. The lowest BCUT2D eigenvalue weighted by atomic mass is 9.77. The summed E-state index contributed by atoms with van der Waals surface area (Å²) in [4.78, 5) is 16.3. The molecule has 0 radical (unpaired) electrons. The van der Waals surface area contributed by atoms with Crippen LogP contribution in [0.1, 0.15) is 43.4 Å². The number of imidazole rings is 1. The van der Waals surface area contributed by atoms with E-state index < -0.39 is 0 Å². The minimum absolute atomic E-state index is 0.751. The first-order chi connectivity index (χ1) is 12.8. The zero-order valence-corrected chi connectivity index (χ0v) is 15.3. The maximum absolute atomic E-state index is 5.31. The second kappa shape index (κ2) is 7.85. The topological polar surface area (TPSA) is 63.7 Å². The molecular formula is C21H26N4O. The van der Waals surface area contributed by atoms with Crippen molar-refractivity contribution in [2.75, 3.05) is 7.11 Å². The standard InChI is InChI=1S/C21H26N4O/c1-26-19-8-10-22-18(13-19)6-5-15-3-2-4-16(11-15)12-17-7-9-23-21-20(17)24-14-25-21/h7-10,13-16H,2-6,11-12H2,1H3,(H,23,24,25). The highest BCUT2D eigenvalue weighted by Crippen LogP contribution is 2.34. The molecule has 0 amide bonds. The van der Waals surface area contributed by atoms with Crippen LogP contribution in [0.5, 0.6) is 5.75 Å². The molecule has 0 saturated heterocycles. The molecule has 26 heavy (non-hydrogen) atoms. The molecule has 2 atom stereocenters. The van der Waals surface area contributed by atoms with Crippen LogP contribution in [0.2, 0.25) is 0 Å². The van der Waals surface area contributed by atoms with E-state index in [9.17, 15) is 0 Å². The van der Waals surface area contributed by atoms with Gasteiger partial charge in [0.15, 0.2) is 5.65 Å². The predicted octanol–water partition coefficient (Wildman–Crippen LogP) is 4.34. The highest BCUT2D eigenvalue weighted by atomic mass is 16.5. The summed E-state index contributed by atoms with van der Waals surface area (Å²) >= 11 is 0. The highest BCUT2D eigenvalue weighted by Gasteiger charge is 2.23. The lowest BCUT2D eigenvalue weighted by Gasteiger charge is -2.29. The van der Waals surface area contributed by atoms with Crippen LogP contribution in [0.15, 0.2) is 36.9 Å². The van der Waals surface area contributed by atoms with Gasteiger partial charge in [0.05, 0.1) is 19.0 Å². The predicted molar refractivity (Wildman–Crippen MR) is 102 cm³/mol. The number of methoxy groups -OCH3 is 1. The molecule has 5 nitrogen and oxygen atoms in total. The van der Waals surface area contributed by atoms with Crippen molar-refractivity contribution in [3.63, 3.8) is 0 Å². The number of nitrogens with zero attached hydrogens (tertiary/aromatic N) is 3. The lowest BCUT2D eigenvalue weighted by molar-refractivity contribution is 0.253. The number of nitrogens with one attached hydrogen (secondary N) is 1. The molecule has 1 aliphatic carbocycles. The molecule has 1 fully saturated rings. The molecular weight excluding hydrogens is 324 g/mol. The van der Waals surface area contributed by atoms with Crippen LogP contribution in [0, 0.1) is 11.8 Å². The molecule has 3 aromatic heterocycles. The summed E-state index contributed by atoms with van der Waals surface area (Å²) in [5.74, 6) is 2.44. The molecule has 136 valence electrons. The Balaban J connectivity index is 1.36. The van der Waals surface area contributed by atoms with Crippen molar-refractivity contribution in [2.45, 2.75) is 44.9 Å². The molecule has 3 aromatic rings. The summed E-state index contributed by atoms with van der Waals surface area (Å²) in [5, 5.41) is 0. The van der Waals surface area contributed by atoms with E-state index >= 15 is 0 Å². The normalized spacial score (nSPS) is 20.3. The molecule has 3 heterocycles. The lowest BCUT2D eigenvalue weighted by Crippen LogP contribution is -2.18. The number of aromatic amines is 1. The first-order valence-corrected chi connectivity index (χ1v) is 9.57. The van der Waals surface area contributed by atoms with Gasteiger partial charge in [-0.1, -0.05) is 19.3 Å². The van der Waals surface area contributed by atoms with Gasteiger partial charge in [-0.2, -0.15) is 0 Å². The summed E-state index contributed by atoms with van der Waals surface area (Å²) in [7, 11) is 1.71. The first kappa shape index (κ1) is 17.0. The van der Waals surface area contributed by atoms with Crippen LogP contribution in [0.25, 0.3) is 11.2 Å². The van der Waals surface area contributed by atoms with E-state index in [4.69, 9.17) is 4.74 Å². The van der Waals surface area contributed by atoms with Crippen LogP contribution in [0.3, 0.4) is 0 Å². The van der Waals surface area contributed by atoms with Crippen LogP contribution >= 0.6 is 0 Å². The Morgan fingerprint density at radius 3 is 2.92 bits per heavy atom. The molecule has 0 aliphatic heterocycles. The number of aromatic nitrogens is 4. The molecule has 4 rings (SSSR count). The number of hydrogen-bond donors (Lipinski definition) is 1. The van der Waals surface area contributed by atoms with Gasteiger partial charge >= 0.3 is 0 Å². The summed E-state index contributed by atoms with van der Waals surface area (Å²) < 4.78 is 5.31. The van der Waals surface area contributed by atoms with E-state index in [-0.39, 0.29) is 0 Å². The minimum atomic E-state index is 0.751. The number of ether oxygens (including phenoxy) is 1. The Labute approximate surface area is 154 Å². The van der Waals surface area contributed by atoms with Crippen LogP contribution in [-0.4, -0.2) is 27.0 Å². The second-order valence-electron chi connectivity index (χ2n) is 7.40. The smallest absolute Gasteiger partial charge is 0.177 e. The molecule has 5 heteroatoms. The van der Waals surface area contributed by atoms with E-state index in [1.165, 1.54) is 37.7 Å². The van der Waals surface area contributed by atoms with Crippen molar-refractivity contribution in [1.29, 1.82) is 0 Å². The molecule has 1 aliphatic rings. The van der Waals surface area contributed by atoms with Gasteiger partial charge in [0, 0.05) is 24.2 Å². The van der Waals surface area contributed by atoms with E-state index in [2.05, 4.69) is 32.1 Å². The van der Waals surface area contributed by atoms with Crippen molar-refractivity contribution in [3.05, 3.63) is 48.2 Å². The third kappa shape index (κ3) is 3.87. The van der Waals surface area contributed by atoms with Crippen molar-refractivity contribution >= 4 is 11.2 Å². The second-order valence-corrected chi connectivity index (χ2v) is 7.40. The van der Waals surface area contributed by atoms with Crippen LogP contribution in [-0.2, 0) is 12.8 Å². The monoisotopic (exact) mass is 350 g/mol. The van der Waals surface area contributed by atoms with Gasteiger partial charge in [0.2, 0.25) is 0 Å². The Morgan fingerprint density at radius 2 is 2.00 bits per heavy atom. The van der Waals surface area contributed by atoms with Gasteiger partial charge in [-0.15, -0.1) is 0 Å². The fourth-order valence-corrected chi connectivity index (χ4v) is 4.31. The third-order valence-corrected chi connectivity index (χ3v) is 5.65. The van der Waals surface area contributed by atoms with Gasteiger partial charge in [0.1, 0.15) is 5.75 Å². The van der Waals surface area contributed by atoms with E-state index in [1.807, 2.05) is 18.5 Å². The number of fused-ring (bicyclic) bond motifs is 1. The average Bonchev–Trinajstić information content (AvgIpc) is 3.17. The Morgan fingerprint density at radius 1 is 1.12 bits per heavy atom.